The third-order valence-corrected chi connectivity index (χ3v) is 5.76. The summed E-state index contributed by atoms with van der Waals surface area (Å²) in [5.41, 5.74) is 0.831. The van der Waals surface area contributed by atoms with E-state index in [2.05, 4.69) is 13.8 Å². The zero-order valence-corrected chi connectivity index (χ0v) is 14.5. The number of rotatable bonds is 7. The van der Waals surface area contributed by atoms with Crippen LogP contribution in [0.3, 0.4) is 0 Å². The molecule has 6 heteroatoms. The highest BCUT2D eigenvalue weighted by molar-refractivity contribution is 7.89. The molecule has 1 rings (SSSR count). The highest BCUT2D eigenvalue weighted by atomic mass is 35.5. The maximum absolute atomic E-state index is 12.6. The fraction of sp³-hybridized carbons (Fsp3) is 0.714. The summed E-state index contributed by atoms with van der Waals surface area (Å²) in [6, 6.07) is 1.65. The van der Waals surface area contributed by atoms with Crippen LogP contribution in [0.2, 0.25) is 0 Å². The van der Waals surface area contributed by atoms with Crippen LogP contribution in [0.25, 0.3) is 0 Å². The molecule has 0 aliphatic heterocycles. The molecule has 1 aromatic heterocycles. The number of nitrogens with zero attached hydrogens (tertiary/aromatic N) is 2. The van der Waals surface area contributed by atoms with Crippen LogP contribution < -0.4 is 0 Å². The third-order valence-electron chi connectivity index (χ3n) is 3.55. The number of aromatic nitrogens is 1. The van der Waals surface area contributed by atoms with Crippen molar-refractivity contribution in [3.8, 4) is 0 Å². The molecular formula is C14H25ClN2O2S. The van der Waals surface area contributed by atoms with Crippen LogP contribution in [-0.4, -0.2) is 30.4 Å². The Morgan fingerprint density at radius 1 is 1.35 bits per heavy atom. The number of alkyl halides is 1. The van der Waals surface area contributed by atoms with Gasteiger partial charge in [-0.3, -0.25) is 0 Å². The molecule has 1 atom stereocenters. The molecule has 1 aromatic rings. The van der Waals surface area contributed by atoms with Gasteiger partial charge in [0.15, 0.2) is 0 Å². The van der Waals surface area contributed by atoms with Gasteiger partial charge in [-0.1, -0.05) is 13.8 Å². The van der Waals surface area contributed by atoms with E-state index >= 15 is 0 Å². The zero-order chi connectivity index (χ0) is 15.5. The lowest BCUT2D eigenvalue weighted by atomic mass is 10.1. The van der Waals surface area contributed by atoms with Crippen molar-refractivity contribution in [1.82, 2.24) is 8.87 Å². The Bertz CT molecular complexity index is 516. The van der Waals surface area contributed by atoms with Gasteiger partial charge in [0, 0.05) is 31.5 Å². The number of sulfonamides is 1. The molecule has 1 unspecified atom stereocenters. The lowest BCUT2D eigenvalue weighted by molar-refractivity contribution is 0.338. The van der Waals surface area contributed by atoms with E-state index in [4.69, 9.17) is 11.6 Å². The van der Waals surface area contributed by atoms with Gasteiger partial charge in [0.1, 0.15) is 4.90 Å². The molecule has 0 aliphatic rings. The van der Waals surface area contributed by atoms with Crippen molar-refractivity contribution in [1.29, 1.82) is 0 Å². The van der Waals surface area contributed by atoms with Crippen molar-refractivity contribution in [3.63, 3.8) is 0 Å². The molecule has 0 amide bonds. The van der Waals surface area contributed by atoms with E-state index in [9.17, 15) is 8.42 Å². The average molecular weight is 321 g/mol. The van der Waals surface area contributed by atoms with Crippen LogP contribution in [0.15, 0.2) is 17.2 Å². The molecule has 0 fully saturated rings. The van der Waals surface area contributed by atoms with E-state index in [1.807, 2.05) is 18.4 Å². The highest BCUT2D eigenvalue weighted by Gasteiger charge is 2.27. The van der Waals surface area contributed by atoms with Crippen LogP contribution in [0, 0.1) is 5.92 Å². The number of aryl methyl sites for hydroxylation is 1. The molecule has 4 nitrogen and oxygen atoms in total. The second kappa shape index (κ2) is 6.96. The first-order chi connectivity index (χ1) is 9.23. The maximum Gasteiger partial charge on any atom is 0.244 e. The second-order valence-corrected chi connectivity index (χ2v) is 7.85. The summed E-state index contributed by atoms with van der Waals surface area (Å²) in [6.07, 6.45) is 2.51. The standard InChI is InChI=1S/C14H25ClN2O2S/c1-6-17-10-14(8-13(17)9-15)20(18,19)16(5)12(4)7-11(2)3/h8,10-12H,6-7,9H2,1-5H3. The fourth-order valence-corrected chi connectivity index (χ4v) is 3.97. The largest absolute Gasteiger partial charge is 0.349 e. The first-order valence-electron chi connectivity index (χ1n) is 6.97. The summed E-state index contributed by atoms with van der Waals surface area (Å²) in [4.78, 5) is 0.327. The molecule has 0 radical (unpaired) electrons. The minimum atomic E-state index is -3.45. The second-order valence-electron chi connectivity index (χ2n) is 5.59. The smallest absolute Gasteiger partial charge is 0.244 e. The summed E-state index contributed by atoms with van der Waals surface area (Å²) in [5, 5.41) is 0. The predicted molar refractivity (Wildman–Crippen MR) is 83.5 cm³/mol. The van der Waals surface area contributed by atoms with Gasteiger partial charge in [-0.25, -0.2) is 8.42 Å². The van der Waals surface area contributed by atoms with E-state index in [0.29, 0.717) is 23.2 Å². The fourth-order valence-electron chi connectivity index (χ4n) is 2.31. The normalized spacial score (nSPS) is 14.2. The number of hydrogen-bond donors (Lipinski definition) is 0. The van der Waals surface area contributed by atoms with E-state index in [1.165, 1.54) is 4.31 Å². The zero-order valence-electron chi connectivity index (χ0n) is 12.9. The van der Waals surface area contributed by atoms with Crippen molar-refractivity contribution < 1.29 is 8.42 Å². The van der Waals surface area contributed by atoms with Gasteiger partial charge in [0.05, 0.1) is 5.88 Å². The number of hydrogen-bond acceptors (Lipinski definition) is 2. The molecule has 0 saturated heterocycles. The van der Waals surface area contributed by atoms with Crippen LogP contribution in [0.1, 0.15) is 39.8 Å². The van der Waals surface area contributed by atoms with E-state index in [0.717, 1.165) is 12.1 Å². The highest BCUT2D eigenvalue weighted by Crippen LogP contribution is 2.22. The van der Waals surface area contributed by atoms with Gasteiger partial charge in [0.2, 0.25) is 10.0 Å². The van der Waals surface area contributed by atoms with Crippen LogP contribution in [-0.2, 0) is 22.4 Å². The lowest BCUT2D eigenvalue weighted by Crippen LogP contribution is -2.35. The van der Waals surface area contributed by atoms with Gasteiger partial charge in [-0.15, -0.1) is 11.6 Å². The molecule has 20 heavy (non-hydrogen) atoms. The monoisotopic (exact) mass is 320 g/mol. The summed E-state index contributed by atoms with van der Waals surface area (Å²) < 4.78 is 28.6. The molecule has 0 saturated carbocycles. The topological polar surface area (TPSA) is 42.3 Å². The third kappa shape index (κ3) is 3.77. The number of halogens is 1. The molecule has 1 heterocycles. The minimum absolute atomic E-state index is 0.0237. The lowest BCUT2D eigenvalue weighted by Gasteiger charge is -2.25. The first kappa shape index (κ1) is 17.5. The average Bonchev–Trinajstić information content (AvgIpc) is 2.80. The molecule has 0 bridgehead atoms. The maximum atomic E-state index is 12.6. The quantitative estimate of drug-likeness (QED) is 0.723. The van der Waals surface area contributed by atoms with E-state index < -0.39 is 10.0 Å². The van der Waals surface area contributed by atoms with Gasteiger partial charge < -0.3 is 4.57 Å². The van der Waals surface area contributed by atoms with Crippen molar-refractivity contribution in [3.05, 3.63) is 18.0 Å². The first-order valence-corrected chi connectivity index (χ1v) is 8.94. The van der Waals surface area contributed by atoms with Crippen molar-refractivity contribution in [2.75, 3.05) is 7.05 Å². The predicted octanol–water partition coefficient (Wildman–Crippen LogP) is 3.30. The molecular weight excluding hydrogens is 296 g/mol. The Kier molecular flexibility index (Phi) is 6.10. The van der Waals surface area contributed by atoms with E-state index in [1.54, 1.807) is 19.3 Å². The Morgan fingerprint density at radius 2 is 1.95 bits per heavy atom. The van der Waals surface area contributed by atoms with E-state index in [-0.39, 0.29) is 6.04 Å². The molecule has 116 valence electrons. The van der Waals surface area contributed by atoms with Gasteiger partial charge in [-0.2, -0.15) is 4.31 Å². The van der Waals surface area contributed by atoms with Gasteiger partial charge in [0.25, 0.3) is 0 Å². The van der Waals surface area contributed by atoms with Crippen molar-refractivity contribution in [2.45, 2.75) is 57.5 Å². The minimum Gasteiger partial charge on any atom is -0.349 e. The Hall–Kier alpha value is -0.520. The van der Waals surface area contributed by atoms with Crippen molar-refractivity contribution in [2.24, 2.45) is 5.92 Å². The molecule has 0 aromatic carbocycles. The Morgan fingerprint density at radius 3 is 2.35 bits per heavy atom. The summed E-state index contributed by atoms with van der Waals surface area (Å²) in [6.45, 7) is 8.81. The van der Waals surface area contributed by atoms with Crippen LogP contribution >= 0.6 is 11.6 Å². The summed E-state index contributed by atoms with van der Waals surface area (Å²) >= 11 is 5.86. The molecule has 0 aliphatic carbocycles. The molecule has 0 N–H and O–H groups in total. The van der Waals surface area contributed by atoms with Gasteiger partial charge >= 0.3 is 0 Å². The Balaban J connectivity index is 3.06. The SMILES string of the molecule is CCn1cc(S(=O)(=O)N(C)C(C)CC(C)C)cc1CCl. The van der Waals surface area contributed by atoms with Crippen molar-refractivity contribution >= 4 is 21.6 Å². The van der Waals surface area contributed by atoms with Crippen LogP contribution in [0.5, 0.6) is 0 Å². The van der Waals surface area contributed by atoms with Gasteiger partial charge in [-0.05, 0) is 32.3 Å². The summed E-state index contributed by atoms with van der Waals surface area (Å²) in [5.74, 6) is 0.774. The summed E-state index contributed by atoms with van der Waals surface area (Å²) in [7, 11) is -1.81. The Labute approximate surface area is 127 Å². The molecule has 0 spiro atoms. The van der Waals surface area contributed by atoms with Crippen LogP contribution in [0.4, 0.5) is 0 Å².